The third-order valence-corrected chi connectivity index (χ3v) is 4.30. The number of benzene rings is 1. The van der Waals surface area contributed by atoms with Crippen LogP contribution in [0.5, 0.6) is 5.75 Å². The second-order valence-electron chi connectivity index (χ2n) is 6.46. The van der Waals surface area contributed by atoms with Gasteiger partial charge in [-0.1, -0.05) is 18.2 Å². The minimum absolute atomic E-state index is 0.0608. The van der Waals surface area contributed by atoms with E-state index in [4.69, 9.17) is 4.74 Å². The quantitative estimate of drug-likeness (QED) is 0.767. The molecule has 1 aromatic rings. The highest BCUT2D eigenvalue weighted by Crippen LogP contribution is 2.19. The third-order valence-electron chi connectivity index (χ3n) is 4.30. The summed E-state index contributed by atoms with van der Waals surface area (Å²) in [6.07, 6.45) is 0.979. The molecule has 1 aromatic carbocycles. The molecule has 0 atom stereocenters. The highest BCUT2D eigenvalue weighted by molar-refractivity contribution is 5.74. The molecule has 1 fully saturated rings. The number of nitrogens with one attached hydrogen (secondary N) is 1. The molecule has 1 saturated heterocycles. The summed E-state index contributed by atoms with van der Waals surface area (Å²) < 4.78 is 5.41. The van der Waals surface area contributed by atoms with Crippen molar-refractivity contribution in [1.82, 2.24) is 20.0 Å². The van der Waals surface area contributed by atoms with E-state index in [0.29, 0.717) is 0 Å². The van der Waals surface area contributed by atoms with E-state index in [1.165, 1.54) is 5.56 Å². The molecule has 1 N–H and O–H groups in total. The molecule has 0 bridgehead atoms. The highest BCUT2D eigenvalue weighted by Gasteiger charge is 2.21. The van der Waals surface area contributed by atoms with Gasteiger partial charge in [0.25, 0.3) is 0 Å². The van der Waals surface area contributed by atoms with Crippen LogP contribution in [0.1, 0.15) is 12.0 Å². The summed E-state index contributed by atoms with van der Waals surface area (Å²) in [6.45, 7) is 5.92. The minimum atomic E-state index is 0.0608. The largest absolute Gasteiger partial charge is 0.496 e. The van der Waals surface area contributed by atoms with Crippen LogP contribution >= 0.6 is 0 Å². The zero-order valence-electron chi connectivity index (χ0n) is 15.1. The number of methoxy groups -OCH3 is 1. The minimum Gasteiger partial charge on any atom is -0.496 e. The fourth-order valence-electron chi connectivity index (χ4n) is 2.89. The molecule has 2 rings (SSSR count). The average Bonchev–Trinajstić information content (AvgIpc) is 2.59. The van der Waals surface area contributed by atoms with E-state index in [1.54, 1.807) is 7.11 Å². The van der Waals surface area contributed by atoms with Crippen molar-refractivity contribution >= 4 is 6.03 Å². The number of piperazine rings is 1. The first-order valence-electron chi connectivity index (χ1n) is 8.62. The summed E-state index contributed by atoms with van der Waals surface area (Å²) in [4.78, 5) is 18.6. The van der Waals surface area contributed by atoms with E-state index < -0.39 is 0 Å². The van der Waals surface area contributed by atoms with Crippen molar-refractivity contribution in [2.45, 2.75) is 13.0 Å². The molecule has 134 valence electrons. The van der Waals surface area contributed by atoms with E-state index >= 15 is 0 Å². The number of hydrogen-bond donors (Lipinski definition) is 1. The van der Waals surface area contributed by atoms with Crippen LogP contribution < -0.4 is 10.1 Å². The lowest BCUT2D eigenvalue weighted by Crippen LogP contribution is -2.51. The molecule has 6 heteroatoms. The number of rotatable bonds is 7. The van der Waals surface area contributed by atoms with Crippen molar-refractivity contribution in [2.24, 2.45) is 0 Å². The molecule has 0 unspecified atom stereocenters. The topological polar surface area (TPSA) is 48.1 Å². The Balaban J connectivity index is 1.72. The van der Waals surface area contributed by atoms with Gasteiger partial charge in [-0.05, 0) is 33.1 Å². The van der Waals surface area contributed by atoms with Crippen LogP contribution in [0, 0.1) is 0 Å². The van der Waals surface area contributed by atoms with Gasteiger partial charge in [0.05, 0.1) is 7.11 Å². The Hall–Kier alpha value is -1.79. The molecule has 0 saturated carbocycles. The predicted molar refractivity (Wildman–Crippen MR) is 96.4 cm³/mol. The number of urea groups is 1. The average molecular weight is 334 g/mol. The maximum Gasteiger partial charge on any atom is 0.317 e. The van der Waals surface area contributed by atoms with Crippen LogP contribution in [-0.2, 0) is 6.54 Å². The predicted octanol–water partition coefficient (Wildman–Crippen LogP) is 1.47. The summed E-state index contributed by atoms with van der Waals surface area (Å²) in [7, 11) is 5.79. The zero-order valence-corrected chi connectivity index (χ0v) is 15.1. The molecule has 0 spiro atoms. The summed E-state index contributed by atoms with van der Waals surface area (Å²) >= 11 is 0. The van der Waals surface area contributed by atoms with Gasteiger partial charge >= 0.3 is 6.03 Å². The number of carbonyl (C=O) groups is 1. The monoisotopic (exact) mass is 334 g/mol. The fraction of sp³-hybridized carbons (Fsp3) is 0.611. The lowest BCUT2D eigenvalue weighted by Gasteiger charge is -2.35. The molecule has 6 nitrogen and oxygen atoms in total. The highest BCUT2D eigenvalue weighted by atomic mass is 16.5. The van der Waals surface area contributed by atoms with Crippen molar-refractivity contribution in [2.75, 3.05) is 60.5 Å². The Labute approximate surface area is 145 Å². The zero-order chi connectivity index (χ0) is 17.4. The number of amides is 2. The fourth-order valence-corrected chi connectivity index (χ4v) is 2.89. The van der Waals surface area contributed by atoms with Gasteiger partial charge in [0, 0.05) is 44.8 Å². The molecule has 0 aromatic heterocycles. The van der Waals surface area contributed by atoms with Crippen LogP contribution in [-0.4, -0.2) is 81.2 Å². The lowest BCUT2D eigenvalue weighted by atomic mass is 10.1. The standard InChI is InChI=1S/C18H30N4O2/c1-20(2)10-6-9-19-18(23)22-13-11-21(12-14-22)15-16-7-4-5-8-17(16)24-3/h4-5,7-8H,6,9-15H2,1-3H3,(H,19,23). The molecule has 24 heavy (non-hydrogen) atoms. The summed E-state index contributed by atoms with van der Waals surface area (Å²) in [5, 5.41) is 3.01. The SMILES string of the molecule is COc1ccccc1CN1CCN(C(=O)NCCCN(C)C)CC1. The van der Waals surface area contributed by atoms with Gasteiger partial charge in [0.15, 0.2) is 0 Å². The van der Waals surface area contributed by atoms with Crippen molar-refractivity contribution in [1.29, 1.82) is 0 Å². The summed E-state index contributed by atoms with van der Waals surface area (Å²) in [6, 6.07) is 8.18. The summed E-state index contributed by atoms with van der Waals surface area (Å²) in [5.41, 5.74) is 1.20. The van der Waals surface area contributed by atoms with Crippen molar-refractivity contribution in [3.8, 4) is 5.75 Å². The van der Waals surface area contributed by atoms with E-state index in [9.17, 15) is 4.79 Å². The molecule has 0 radical (unpaired) electrons. The second-order valence-corrected chi connectivity index (χ2v) is 6.46. The number of para-hydroxylation sites is 1. The van der Waals surface area contributed by atoms with Gasteiger partial charge in [-0.25, -0.2) is 4.79 Å². The molecule has 0 aliphatic carbocycles. The van der Waals surface area contributed by atoms with Gasteiger partial charge in [0.1, 0.15) is 5.75 Å². The number of ether oxygens (including phenoxy) is 1. The molecule has 1 aliphatic heterocycles. The van der Waals surface area contributed by atoms with E-state index in [1.807, 2.05) is 37.2 Å². The van der Waals surface area contributed by atoms with E-state index in [2.05, 4.69) is 21.2 Å². The normalized spacial score (nSPS) is 15.6. The molecule has 2 amide bonds. The molecule has 1 heterocycles. The van der Waals surface area contributed by atoms with Gasteiger partial charge in [-0.2, -0.15) is 0 Å². The first-order chi connectivity index (χ1) is 11.6. The second kappa shape index (κ2) is 9.49. The Morgan fingerprint density at radius 2 is 1.92 bits per heavy atom. The first-order valence-corrected chi connectivity index (χ1v) is 8.62. The van der Waals surface area contributed by atoms with Crippen LogP contribution in [0.4, 0.5) is 4.79 Å². The summed E-state index contributed by atoms with van der Waals surface area (Å²) in [5.74, 6) is 0.929. The van der Waals surface area contributed by atoms with Gasteiger partial charge < -0.3 is 19.9 Å². The molecular formula is C18H30N4O2. The molecular weight excluding hydrogens is 304 g/mol. The number of carbonyl (C=O) groups excluding carboxylic acids is 1. The maximum atomic E-state index is 12.2. The van der Waals surface area contributed by atoms with Gasteiger partial charge in [-0.15, -0.1) is 0 Å². The van der Waals surface area contributed by atoms with Crippen LogP contribution in [0.2, 0.25) is 0 Å². The molecule has 1 aliphatic rings. The van der Waals surface area contributed by atoms with Gasteiger partial charge in [-0.3, -0.25) is 4.90 Å². The van der Waals surface area contributed by atoms with Crippen LogP contribution in [0.15, 0.2) is 24.3 Å². The Morgan fingerprint density at radius 1 is 1.21 bits per heavy atom. The van der Waals surface area contributed by atoms with Crippen molar-refractivity contribution in [3.63, 3.8) is 0 Å². The van der Waals surface area contributed by atoms with Crippen molar-refractivity contribution < 1.29 is 9.53 Å². The van der Waals surface area contributed by atoms with Crippen LogP contribution in [0.25, 0.3) is 0 Å². The Morgan fingerprint density at radius 3 is 2.58 bits per heavy atom. The van der Waals surface area contributed by atoms with E-state index in [0.717, 1.165) is 58.0 Å². The Kier molecular flexibility index (Phi) is 7.34. The smallest absolute Gasteiger partial charge is 0.317 e. The van der Waals surface area contributed by atoms with Gasteiger partial charge in [0.2, 0.25) is 0 Å². The lowest BCUT2D eigenvalue weighted by molar-refractivity contribution is 0.134. The number of hydrogen-bond acceptors (Lipinski definition) is 4. The maximum absolute atomic E-state index is 12.2. The van der Waals surface area contributed by atoms with Crippen LogP contribution in [0.3, 0.4) is 0 Å². The Bertz CT molecular complexity index is 513. The van der Waals surface area contributed by atoms with E-state index in [-0.39, 0.29) is 6.03 Å². The third kappa shape index (κ3) is 5.69. The van der Waals surface area contributed by atoms with Crippen molar-refractivity contribution in [3.05, 3.63) is 29.8 Å². The number of nitrogens with zero attached hydrogens (tertiary/aromatic N) is 3. The first kappa shape index (κ1) is 18.5.